The molecule has 1 N–H and O–H groups in total. The first-order valence-electron chi connectivity index (χ1n) is 7.61. The first kappa shape index (κ1) is 12.2. The largest absolute Gasteiger partial charge is 0.371 e. The summed E-state index contributed by atoms with van der Waals surface area (Å²) in [7, 11) is 2.10. The Balaban J connectivity index is 1.63. The fourth-order valence-electron chi connectivity index (χ4n) is 4.03. The van der Waals surface area contributed by atoms with Gasteiger partial charge in [0, 0.05) is 32.2 Å². The van der Waals surface area contributed by atoms with Crippen LogP contribution >= 0.6 is 0 Å². The highest BCUT2D eigenvalue weighted by molar-refractivity contribution is 5.99. The second-order valence-electron chi connectivity index (χ2n) is 6.29. The summed E-state index contributed by atoms with van der Waals surface area (Å²) in [5.74, 6) is 0.510. The lowest BCUT2D eigenvalue weighted by Gasteiger charge is -2.37. The van der Waals surface area contributed by atoms with E-state index in [1.807, 2.05) is 17.0 Å². The Hall–Kier alpha value is -1.55. The Bertz CT molecular complexity index is 544. The SMILES string of the molecule is CN1CCN(C(=O)C2CC3CCC2N3)c2ccccc21. The first-order chi connectivity index (χ1) is 9.74. The van der Waals surface area contributed by atoms with Crippen LogP contribution in [0.1, 0.15) is 19.3 Å². The van der Waals surface area contributed by atoms with E-state index in [0.29, 0.717) is 18.0 Å². The highest BCUT2D eigenvalue weighted by Gasteiger charge is 2.45. The number of amides is 1. The van der Waals surface area contributed by atoms with Crippen LogP contribution in [0.4, 0.5) is 11.4 Å². The van der Waals surface area contributed by atoms with Gasteiger partial charge in [0.2, 0.25) is 5.91 Å². The highest BCUT2D eigenvalue weighted by atomic mass is 16.2. The van der Waals surface area contributed by atoms with E-state index in [0.717, 1.165) is 31.6 Å². The normalized spacial score (nSPS) is 31.6. The molecule has 2 saturated heterocycles. The van der Waals surface area contributed by atoms with Gasteiger partial charge in [-0.2, -0.15) is 0 Å². The van der Waals surface area contributed by atoms with Gasteiger partial charge in [0.1, 0.15) is 0 Å². The van der Waals surface area contributed by atoms with Crippen molar-refractivity contribution < 1.29 is 4.79 Å². The number of carbonyl (C=O) groups is 1. The van der Waals surface area contributed by atoms with Crippen molar-refractivity contribution in [3.8, 4) is 0 Å². The predicted octanol–water partition coefficient (Wildman–Crippen LogP) is 1.61. The number of anilines is 2. The quantitative estimate of drug-likeness (QED) is 0.843. The molecule has 0 aliphatic carbocycles. The zero-order valence-electron chi connectivity index (χ0n) is 11.9. The fraction of sp³-hybridized carbons (Fsp3) is 0.562. The number of rotatable bonds is 1. The number of likely N-dealkylation sites (N-methyl/N-ethyl adjacent to an activating group) is 1. The average molecular weight is 271 g/mol. The van der Waals surface area contributed by atoms with Gasteiger partial charge in [0.25, 0.3) is 0 Å². The summed E-state index contributed by atoms with van der Waals surface area (Å²) >= 11 is 0. The standard InChI is InChI=1S/C16H21N3O/c1-18-8-9-19(15-5-3-2-4-14(15)18)16(20)12-10-11-6-7-13(12)17-11/h2-5,11-13,17H,6-10H2,1H3. The van der Waals surface area contributed by atoms with Crippen LogP contribution in [0, 0.1) is 5.92 Å². The van der Waals surface area contributed by atoms with E-state index in [-0.39, 0.29) is 5.92 Å². The maximum absolute atomic E-state index is 12.9. The molecule has 0 saturated carbocycles. The van der Waals surface area contributed by atoms with Gasteiger partial charge in [-0.3, -0.25) is 4.79 Å². The third-order valence-electron chi connectivity index (χ3n) is 5.13. The average Bonchev–Trinajstić information content (AvgIpc) is 3.10. The molecule has 1 amide bonds. The summed E-state index contributed by atoms with van der Waals surface area (Å²) < 4.78 is 0. The van der Waals surface area contributed by atoms with E-state index in [9.17, 15) is 4.79 Å². The van der Waals surface area contributed by atoms with Gasteiger partial charge in [-0.05, 0) is 31.4 Å². The van der Waals surface area contributed by atoms with Gasteiger partial charge in [0.15, 0.2) is 0 Å². The lowest BCUT2D eigenvalue weighted by molar-refractivity contribution is -0.122. The smallest absolute Gasteiger partial charge is 0.231 e. The molecule has 20 heavy (non-hydrogen) atoms. The monoisotopic (exact) mass is 271 g/mol. The zero-order chi connectivity index (χ0) is 13.7. The Morgan fingerprint density at radius 3 is 2.70 bits per heavy atom. The molecule has 3 atom stereocenters. The van der Waals surface area contributed by atoms with Gasteiger partial charge in [-0.25, -0.2) is 0 Å². The van der Waals surface area contributed by atoms with Gasteiger partial charge in [-0.15, -0.1) is 0 Å². The van der Waals surface area contributed by atoms with Crippen molar-refractivity contribution in [1.82, 2.24) is 5.32 Å². The minimum Gasteiger partial charge on any atom is -0.371 e. The van der Waals surface area contributed by atoms with Crippen molar-refractivity contribution in [3.05, 3.63) is 24.3 Å². The number of carbonyl (C=O) groups excluding carboxylic acids is 1. The fourth-order valence-corrected chi connectivity index (χ4v) is 4.03. The third kappa shape index (κ3) is 1.74. The van der Waals surface area contributed by atoms with Crippen LogP contribution in [0.15, 0.2) is 24.3 Å². The van der Waals surface area contributed by atoms with Gasteiger partial charge >= 0.3 is 0 Å². The molecule has 2 bridgehead atoms. The molecule has 3 heterocycles. The highest BCUT2D eigenvalue weighted by Crippen LogP contribution is 2.38. The van der Waals surface area contributed by atoms with Crippen molar-refractivity contribution in [2.75, 3.05) is 29.9 Å². The van der Waals surface area contributed by atoms with Crippen LogP contribution in [0.2, 0.25) is 0 Å². The molecule has 0 radical (unpaired) electrons. The Labute approximate surface area is 119 Å². The van der Waals surface area contributed by atoms with E-state index < -0.39 is 0 Å². The second-order valence-corrected chi connectivity index (χ2v) is 6.29. The zero-order valence-corrected chi connectivity index (χ0v) is 11.9. The molecule has 106 valence electrons. The minimum absolute atomic E-state index is 0.185. The number of fused-ring (bicyclic) bond motifs is 3. The number of hydrogen-bond acceptors (Lipinski definition) is 3. The molecule has 3 aliphatic heterocycles. The predicted molar refractivity (Wildman–Crippen MR) is 80.1 cm³/mol. The van der Waals surface area contributed by atoms with E-state index in [1.54, 1.807) is 0 Å². The molecule has 1 aromatic rings. The number of nitrogens with zero attached hydrogens (tertiary/aromatic N) is 2. The third-order valence-corrected chi connectivity index (χ3v) is 5.13. The second kappa shape index (κ2) is 4.48. The summed E-state index contributed by atoms with van der Waals surface area (Å²) in [6.07, 6.45) is 3.43. The molecule has 2 fully saturated rings. The molecule has 4 rings (SSSR count). The van der Waals surface area contributed by atoms with Crippen LogP contribution in [0.3, 0.4) is 0 Å². The molecule has 3 unspecified atom stereocenters. The van der Waals surface area contributed by atoms with Crippen molar-refractivity contribution in [2.24, 2.45) is 5.92 Å². The van der Waals surface area contributed by atoms with E-state index in [4.69, 9.17) is 0 Å². The summed E-state index contributed by atoms with van der Waals surface area (Å²) in [6.45, 7) is 1.72. The van der Waals surface area contributed by atoms with Crippen molar-refractivity contribution in [3.63, 3.8) is 0 Å². The molecular weight excluding hydrogens is 250 g/mol. The first-order valence-corrected chi connectivity index (χ1v) is 7.61. The number of nitrogens with one attached hydrogen (secondary N) is 1. The molecular formula is C16H21N3O. The lowest BCUT2D eigenvalue weighted by Crippen LogP contribution is -2.47. The maximum atomic E-state index is 12.9. The van der Waals surface area contributed by atoms with E-state index in [1.165, 1.54) is 12.1 Å². The van der Waals surface area contributed by atoms with Crippen LogP contribution in [0.5, 0.6) is 0 Å². The van der Waals surface area contributed by atoms with Crippen LogP contribution < -0.4 is 15.1 Å². The maximum Gasteiger partial charge on any atom is 0.231 e. The molecule has 4 nitrogen and oxygen atoms in total. The van der Waals surface area contributed by atoms with Gasteiger partial charge in [0.05, 0.1) is 17.3 Å². The Morgan fingerprint density at radius 1 is 1.20 bits per heavy atom. The molecule has 4 heteroatoms. The number of hydrogen-bond donors (Lipinski definition) is 1. The minimum atomic E-state index is 0.185. The summed E-state index contributed by atoms with van der Waals surface area (Å²) in [4.78, 5) is 17.2. The van der Waals surface area contributed by atoms with Gasteiger partial charge < -0.3 is 15.1 Å². The van der Waals surface area contributed by atoms with Crippen molar-refractivity contribution in [1.29, 1.82) is 0 Å². The van der Waals surface area contributed by atoms with Gasteiger partial charge in [-0.1, -0.05) is 12.1 Å². The Morgan fingerprint density at radius 2 is 2.00 bits per heavy atom. The topological polar surface area (TPSA) is 35.6 Å². The summed E-state index contributed by atoms with van der Waals surface area (Å²) in [6, 6.07) is 9.24. The number of benzene rings is 1. The number of para-hydroxylation sites is 2. The molecule has 1 aromatic carbocycles. The lowest BCUT2D eigenvalue weighted by atomic mass is 9.88. The van der Waals surface area contributed by atoms with Crippen molar-refractivity contribution in [2.45, 2.75) is 31.3 Å². The Kier molecular flexibility index (Phi) is 2.74. The molecule has 0 spiro atoms. The molecule has 3 aliphatic rings. The van der Waals surface area contributed by atoms with Crippen LogP contribution in [-0.4, -0.2) is 38.1 Å². The van der Waals surface area contributed by atoms with Crippen LogP contribution in [0.25, 0.3) is 0 Å². The van der Waals surface area contributed by atoms with E-state index in [2.05, 4.69) is 29.4 Å². The van der Waals surface area contributed by atoms with E-state index >= 15 is 0 Å². The van der Waals surface area contributed by atoms with Crippen molar-refractivity contribution >= 4 is 17.3 Å². The van der Waals surface area contributed by atoms with Crippen LogP contribution in [-0.2, 0) is 4.79 Å². The summed E-state index contributed by atoms with van der Waals surface area (Å²) in [5, 5.41) is 3.57. The summed E-state index contributed by atoms with van der Waals surface area (Å²) in [5.41, 5.74) is 2.25. The molecule has 0 aromatic heterocycles.